The molecule has 1 saturated heterocycles. The average molecular weight is 529 g/mol. The minimum absolute atomic E-state index is 0.137. The molecule has 2 aliphatic heterocycles. The van der Waals surface area contributed by atoms with E-state index in [-0.39, 0.29) is 10.8 Å². The Balaban J connectivity index is 1.59. The molecule has 0 radical (unpaired) electrons. The number of benzene rings is 3. The summed E-state index contributed by atoms with van der Waals surface area (Å²) in [6.07, 6.45) is 2.75. The molecule has 0 aromatic heterocycles. The van der Waals surface area contributed by atoms with Crippen molar-refractivity contribution in [3.63, 3.8) is 0 Å². The van der Waals surface area contributed by atoms with Crippen LogP contribution in [0.3, 0.4) is 0 Å². The highest BCUT2D eigenvalue weighted by Gasteiger charge is 2.32. The number of anilines is 2. The van der Waals surface area contributed by atoms with Crippen LogP contribution in [0, 0.1) is 0 Å². The van der Waals surface area contributed by atoms with Crippen molar-refractivity contribution in [1.29, 1.82) is 0 Å². The molecule has 1 amide bonds. The molecule has 164 valence electrons. The lowest BCUT2D eigenvalue weighted by molar-refractivity contribution is 0.0998. The third-order valence-corrected chi connectivity index (χ3v) is 9.77. The molecule has 2 heterocycles. The van der Waals surface area contributed by atoms with Crippen LogP contribution in [0.15, 0.2) is 85.9 Å². The van der Waals surface area contributed by atoms with Crippen molar-refractivity contribution >= 4 is 55.0 Å². The van der Waals surface area contributed by atoms with E-state index < -0.39 is 10.0 Å². The summed E-state index contributed by atoms with van der Waals surface area (Å²) in [5.74, 6) is -0.257. The first-order chi connectivity index (χ1) is 15.5. The maximum absolute atomic E-state index is 13.8. The number of fused-ring (bicyclic) bond motifs is 2. The third-order valence-electron chi connectivity index (χ3n) is 5.75. The molecule has 3 aromatic rings. The molecule has 32 heavy (non-hydrogen) atoms. The van der Waals surface area contributed by atoms with E-state index in [0.717, 1.165) is 40.4 Å². The van der Waals surface area contributed by atoms with Gasteiger partial charge >= 0.3 is 0 Å². The van der Waals surface area contributed by atoms with Crippen LogP contribution in [0.1, 0.15) is 29.6 Å². The van der Waals surface area contributed by atoms with Gasteiger partial charge in [-0.1, -0.05) is 42.4 Å². The second kappa shape index (κ2) is 8.67. The summed E-state index contributed by atoms with van der Waals surface area (Å²) in [4.78, 5) is 17.6. The van der Waals surface area contributed by atoms with E-state index in [2.05, 4.69) is 15.9 Å². The number of nitrogens with zero attached hydrogens (tertiary/aromatic N) is 2. The van der Waals surface area contributed by atoms with Gasteiger partial charge in [-0.15, -0.1) is 0 Å². The van der Waals surface area contributed by atoms with Gasteiger partial charge in [0.1, 0.15) is 0 Å². The topological polar surface area (TPSA) is 57.7 Å². The highest BCUT2D eigenvalue weighted by Crippen LogP contribution is 2.48. The fraction of sp³-hybridized carbons (Fsp3) is 0.208. The molecule has 5 nitrogen and oxygen atoms in total. The van der Waals surface area contributed by atoms with Gasteiger partial charge in [0, 0.05) is 32.9 Å². The number of para-hydroxylation sites is 2. The van der Waals surface area contributed by atoms with Crippen molar-refractivity contribution in [3.05, 3.63) is 76.8 Å². The molecule has 8 heteroatoms. The Bertz CT molecular complexity index is 1260. The number of piperidine rings is 1. The van der Waals surface area contributed by atoms with Crippen LogP contribution in [0.5, 0.6) is 0 Å². The molecule has 0 spiro atoms. The first-order valence-corrected chi connectivity index (χ1v) is 13.5. The van der Waals surface area contributed by atoms with E-state index >= 15 is 0 Å². The first kappa shape index (κ1) is 21.7. The van der Waals surface area contributed by atoms with Gasteiger partial charge in [-0.25, -0.2) is 8.42 Å². The number of carbonyl (C=O) groups is 1. The molecular formula is C24H21BrN2O3S2. The first-order valence-electron chi connectivity index (χ1n) is 10.5. The molecule has 5 rings (SSSR count). The van der Waals surface area contributed by atoms with Gasteiger partial charge < -0.3 is 0 Å². The van der Waals surface area contributed by atoms with Crippen LogP contribution >= 0.6 is 27.7 Å². The van der Waals surface area contributed by atoms with E-state index in [0.29, 0.717) is 23.1 Å². The van der Waals surface area contributed by atoms with Crippen molar-refractivity contribution in [3.8, 4) is 0 Å². The Morgan fingerprint density at radius 1 is 0.844 bits per heavy atom. The molecule has 3 aromatic carbocycles. The molecule has 0 unspecified atom stereocenters. The molecule has 2 aliphatic rings. The highest BCUT2D eigenvalue weighted by atomic mass is 79.9. The van der Waals surface area contributed by atoms with Gasteiger partial charge in [-0.2, -0.15) is 4.31 Å². The smallest absolute Gasteiger partial charge is 0.262 e. The SMILES string of the molecule is O=C(c1ccc(Br)c(S(=O)(=O)N2CCCCC2)c1)N1c2ccccc2Sc2ccccc21. The number of halogens is 1. The van der Waals surface area contributed by atoms with Crippen LogP contribution in [0.4, 0.5) is 11.4 Å². The zero-order valence-corrected chi connectivity index (χ0v) is 20.4. The lowest BCUT2D eigenvalue weighted by atomic mass is 10.1. The molecule has 0 N–H and O–H groups in total. The summed E-state index contributed by atoms with van der Waals surface area (Å²) in [6, 6.07) is 20.4. The Hall–Kier alpha value is -2.13. The number of rotatable bonds is 3. The number of sulfonamides is 1. The van der Waals surface area contributed by atoms with Crippen molar-refractivity contribution < 1.29 is 13.2 Å². The Labute approximate surface area is 200 Å². The Kier molecular flexibility index (Phi) is 5.88. The second-order valence-electron chi connectivity index (χ2n) is 7.79. The van der Waals surface area contributed by atoms with Crippen molar-refractivity contribution in [1.82, 2.24) is 4.31 Å². The fourth-order valence-electron chi connectivity index (χ4n) is 4.13. The van der Waals surface area contributed by atoms with E-state index in [1.807, 2.05) is 48.5 Å². The summed E-state index contributed by atoms with van der Waals surface area (Å²) in [7, 11) is -3.69. The number of hydrogen-bond acceptors (Lipinski definition) is 4. The van der Waals surface area contributed by atoms with Gasteiger partial charge in [0.25, 0.3) is 5.91 Å². The summed E-state index contributed by atoms with van der Waals surface area (Å²) in [6.45, 7) is 1.02. The number of hydrogen-bond donors (Lipinski definition) is 0. The minimum atomic E-state index is -3.69. The van der Waals surface area contributed by atoms with Gasteiger partial charge in [0.15, 0.2) is 0 Å². The average Bonchev–Trinajstić information content (AvgIpc) is 2.83. The van der Waals surface area contributed by atoms with E-state index in [1.165, 1.54) is 10.4 Å². The molecular weight excluding hydrogens is 508 g/mol. The fourth-order valence-corrected chi connectivity index (χ4v) is 7.66. The van der Waals surface area contributed by atoms with Crippen LogP contribution in [0.2, 0.25) is 0 Å². The quantitative estimate of drug-likeness (QED) is 0.414. The van der Waals surface area contributed by atoms with Crippen LogP contribution in [0.25, 0.3) is 0 Å². The second-order valence-corrected chi connectivity index (χ2v) is 11.6. The van der Waals surface area contributed by atoms with Gasteiger partial charge in [0.05, 0.1) is 16.3 Å². The molecule has 0 aliphatic carbocycles. The largest absolute Gasteiger partial charge is 0.275 e. The Morgan fingerprint density at radius 2 is 1.44 bits per heavy atom. The zero-order chi connectivity index (χ0) is 22.3. The Morgan fingerprint density at radius 3 is 2.06 bits per heavy atom. The highest BCUT2D eigenvalue weighted by molar-refractivity contribution is 9.10. The normalized spacial score (nSPS) is 16.3. The summed E-state index contributed by atoms with van der Waals surface area (Å²) in [5, 5.41) is 0. The maximum Gasteiger partial charge on any atom is 0.262 e. The van der Waals surface area contributed by atoms with E-state index in [4.69, 9.17) is 0 Å². The van der Waals surface area contributed by atoms with Crippen molar-refractivity contribution in [2.75, 3.05) is 18.0 Å². The zero-order valence-electron chi connectivity index (χ0n) is 17.2. The van der Waals surface area contributed by atoms with Gasteiger partial charge in [0.2, 0.25) is 10.0 Å². The molecule has 1 fully saturated rings. The van der Waals surface area contributed by atoms with Crippen LogP contribution in [-0.4, -0.2) is 31.7 Å². The molecule has 0 bridgehead atoms. The lowest BCUT2D eigenvalue weighted by Crippen LogP contribution is -2.36. The van der Waals surface area contributed by atoms with Gasteiger partial charge in [-0.05, 0) is 71.2 Å². The predicted octanol–water partition coefficient (Wildman–Crippen LogP) is 6.07. The predicted molar refractivity (Wildman–Crippen MR) is 130 cm³/mol. The standard InChI is InChI=1S/C24H21BrN2O3S2/c25-18-13-12-17(16-23(18)32(29,30)26-14-6-1-7-15-26)24(28)27-19-8-2-4-10-21(19)31-22-11-5-3-9-20(22)27/h2-5,8-13,16H,1,6-7,14-15H2. The van der Waals surface area contributed by atoms with Crippen molar-refractivity contribution in [2.45, 2.75) is 33.9 Å². The molecule has 0 atom stereocenters. The number of carbonyl (C=O) groups excluding carboxylic acids is 1. The van der Waals surface area contributed by atoms with Crippen molar-refractivity contribution in [2.24, 2.45) is 0 Å². The van der Waals surface area contributed by atoms with E-state index in [9.17, 15) is 13.2 Å². The van der Waals surface area contributed by atoms with Crippen LogP contribution in [-0.2, 0) is 10.0 Å². The monoisotopic (exact) mass is 528 g/mol. The summed E-state index contributed by atoms with van der Waals surface area (Å²) in [5.41, 5.74) is 1.93. The summed E-state index contributed by atoms with van der Waals surface area (Å²) >= 11 is 5.02. The molecule has 0 saturated carbocycles. The lowest BCUT2D eigenvalue weighted by Gasteiger charge is -2.31. The number of amides is 1. The maximum atomic E-state index is 13.8. The third kappa shape index (κ3) is 3.79. The van der Waals surface area contributed by atoms with Crippen LogP contribution < -0.4 is 4.90 Å². The van der Waals surface area contributed by atoms with E-state index in [1.54, 1.807) is 28.8 Å². The summed E-state index contributed by atoms with van der Waals surface area (Å²) < 4.78 is 28.6. The van der Waals surface area contributed by atoms with Gasteiger partial charge in [-0.3, -0.25) is 9.69 Å². The minimum Gasteiger partial charge on any atom is -0.275 e.